The molecule has 0 radical (unpaired) electrons. The van der Waals surface area contributed by atoms with Crippen molar-refractivity contribution in [2.45, 2.75) is 110 Å². The van der Waals surface area contributed by atoms with Crippen molar-refractivity contribution in [1.82, 2.24) is 31.0 Å². The number of carbonyl (C=O) groups excluding carboxylic acids is 3. The predicted molar refractivity (Wildman–Crippen MR) is 285 cm³/mol. The Bertz CT molecular complexity index is 2980. The van der Waals surface area contributed by atoms with Crippen LogP contribution in [0, 0.1) is 5.92 Å². The second-order valence-electron chi connectivity index (χ2n) is 20.6. The summed E-state index contributed by atoms with van der Waals surface area (Å²) < 4.78 is 36.8. The first-order chi connectivity index (χ1) is 35.8. The summed E-state index contributed by atoms with van der Waals surface area (Å²) in [6.07, 6.45) is 8.95. The molecule has 18 nitrogen and oxygen atoms in total. The molecule has 75 heavy (non-hydrogen) atoms. The first-order valence-corrected chi connectivity index (χ1v) is 25.3. The Morgan fingerprint density at radius 1 is 0.667 bits per heavy atom. The number of nitrogens with one attached hydrogen (secondary N) is 4. The molecule has 0 fully saturated rings. The van der Waals surface area contributed by atoms with Gasteiger partial charge in [0.25, 0.3) is 17.7 Å². The predicted octanol–water partition coefficient (Wildman–Crippen LogP) is 7.97. The fraction of sp³-hybridized carbons (Fsp3) is 0.386. The van der Waals surface area contributed by atoms with Crippen LogP contribution in [0.5, 0.6) is 34.5 Å². The van der Waals surface area contributed by atoms with Gasteiger partial charge in [0.1, 0.15) is 22.6 Å². The van der Waals surface area contributed by atoms with E-state index in [0.29, 0.717) is 89.6 Å². The molecule has 3 aromatic carbocycles. The minimum atomic E-state index is -0.551. The molecular weight excluding hydrogens is 955 g/mol. The van der Waals surface area contributed by atoms with Crippen LogP contribution in [0.25, 0.3) is 5.57 Å². The Morgan fingerprint density at radius 2 is 1.19 bits per heavy atom. The molecule has 2 aromatic heterocycles. The van der Waals surface area contributed by atoms with E-state index in [1.807, 2.05) is 77.1 Å². The molecule has 394 valence electrons. The average Bonchev–Trinajstić information content (AvgIpc) is 4.04. The maximum absolute atomic E-state index is 13.1. The summed E-state index contributed by atoms with van der Waals surface area (Å²) in [5.74, 6) is 3.61. The third-order valence-corrected chi connectivity index (χ3v) is 13.1. The molecule has 3 aliphatic heterocycles. The van der Waals surface area contributed by atoms with Crippen LogP contribution in [0.15, 0.2) is 109 Å². The van der Waals surface area contributed by atoms with Gasteiger partial charge >= 0.3 is 0 Å². The van der Waals surface area contributed by atoms with E-state index < -0.39 is 17.1 Å². The first-order valence-electron chi connectivity index (χ1n) is 25.3. The first kappa shape index (κ1) is 53.2. The molecule has 0 saturated heterocycles. The topological polar surface area (TPSA) is 232 Å². The smallest absolute Gasteiger partial charge is 0.263 e. The third-order valence-electron chi connectivity index (χ3n) is 13.1. The number of carbonyl (C=O) groups is 3. The second-order valence-corrected chi connectivity index (χ2v) is 20.6. The van der Waals surface area contributed by atoms with Crippen molar-refractivity contribution in [3.8, 4) is 34.5 Å². The van der Waals surface area contributed by atoms with E-state index in [9.17, 15) is 14.4 Å². The van der Waals surface area contributed by atoms with Gasteiger partial charge in [0.2, 0.25) is 0 Å². The standard InChI is InChI=1S/C57H67N9O9/c1-35(2)41(58)21-24-46(59-8)60-49(67)32-71-45-19-11-15-39-31-57(7,75-54(39)45)28-26-36(3)42-22-25-48(66-64-42)62-51(69)34-72-44-18-10-14-38-30-56(6,74-53(38)44)27-12-16-40-20-23-47(65-63-40)61-50(68)33-70-43-17-9-13-37-29-55(4,5)73-52(37)43/h9-11,13-15,17-25,35,59H,3,12,16,26-34,58H2,1-2,4-8H3,(H,60,67)(H,61,65,68)(H,62,66,69)/b41-21-,46-24+. The van der Waals surface area contributed by atoms with Crippen LogP contribution < -0.4 is 55.4 Å². The van der Waals surface area contributed by atoms with Crippen molar-refractivity contribution in [2.75, 3.05) is 37.5 Å². The van der Waals surface area contributed by atoms with Gasteiger partial charge in [-0.3, -0.25) is 14.4 Å². The van der Waals surface area contributed by atoms with Gasteiger partial charge < -0.3 is 55.4 Å². The molecule has 5 heterocycles. The second kappa shape index (κ2) is 22.9. The molecule has 8 rings (SSSR count). The van der Waals surface area contributed by atoms with Crippen molar-refractivity contribution < 1.29 is 42.8 Å². The Kier molecular flexibility index (Phi) is 16.3. The van der Waals surface area contributed by atoms with Gasteiger partial charge in [-0.05, 0) is 126 Å². The molecule has 0 bridgehead atoms. The quantitative estimate of drug-likeness (QED) is 0.0391. The number of ether oxygens (including phenoxy) is 6. The largest absolute Gasteiger partial charge is 0.483 e. The van der Waals surface area contributed by atoms with Crippen LogP contribution in [0.4, 0.5) is 11.6 Å². The van der Waals surface area contributed by atoms with Gasteiger partial charge in [-0.1, -0.05) is 56.8 Å². The van der Waals surface area contributed by atoms with Gasteiger partial charge in [-0.2, -0.15) is 5.10 Å². The monoisotopic (exact) mass is 1020 g/mol. The van der Waals surface area contributed by atoms with Crippen LogP contribution in [-0.4, -0.2) is 81.8 Å². The SMILES string of the molecule is C=C(CCC1(C)Cc2cccc(OCC(=O)N/C(=C/C=C(\N)C(C)C)NC)c2O1)c1ccc(NC(=O)COc2cccc3c2OC(C)(CCCc2ccc(NC(=O)COc4cccc5c4OC(C)(C)C5)nn2)C3)nn1. The summed E-state index contributed by atoms with van der Waals surface area (Å²) in [6, 6.07) is 24.1. The number of rotatable bonds is 23. The third kappa shape index (κ3) is 13.9. The molecule has 6 N–H and O–H groups in total. The van der Waals surface area contributed by atoms with Crippen LogP contribution in [-0.2, 0) is 40.1 Å². The maximum Gasteiger partial charge on any atom is 0.263 e. The van der Waals surface area contributed by atoms with Crippen LogP contribution in [0.1, 0.15) is 95.3 Å². The normalized spacial score (nSPS) is 18.1. The van der Waals surface area contributed by atoms with Crippen molar-refractivity contribution >= 4 is 34.9 Å². The molecule has 0 aliphatic carbocycles. The molecule has 3 amide bonds. The summed E-state index contributed by atoms with van der Waals surface area (Å²) in [4.78, 5) is 38.5. The van der Waals surface area contributed by atoms with Crippen molar-refractivity contribution in [1.29, 1.82) is 0 Å². The van der Waals surface area contributed by atoms with Gasteiger partial charge in [-0.25, -0.2) is 0 Å². The van der Waals surface area contributed by atoms with E-state index in [-0.39, 0.29) is 49.0 Å². The maximum atomic E-state index is 13.1. The van der Waals surface area contributed by atoms with E-state index in [1.54, 1.807) is 55.6 Å². The number of aromatic nitrogens is 4. The van der Waals surface area contributed by atoms with Gasteiger partial charge in [0.15, 0.2) is 66.0 Å². The molecule has 0 spiro atoms. The lowest BCUT2D eigenvalue weighted by Gasteiger charge is -2.24. The average molecular weight is 1020 g/mol. The van der Waals surface area contributed by atoms with Gasteiger partial charge in [0.05, 0.1) is 11.4 Å². The van der Waals surface area contributed by atoms with Crippen molar-refractivity contribution in [2.24, 2.45) is 11.7 Å². The molecule has 3 aliphatic rings. The number of nitrogens with zero attached hydrogens (tertiary/aromatic N) is 4. The number of hydrogen-bond acceptors (Lipinski definition) is 15. The van der Waals surface area contributed by atoms with Gasteiger partial charge in [0, 0.05) is 48.7 Å². The molecule has 5 aromatic rings. The Labute approximate surface area is 437 Å². The summed E-state index contributed by atoms with van der Waals surface area (Å²) in [7, 11) is 1.71. The molecule has 2 atom stereocenters. The number of hydrogen-bond donors (Lipinski definition) is 5. The zero-order valence-electron chi connectivity index (χ0n) is 43.8. The Balaban J connectivity index is 0.738. The Morgan fingerprint density at radius 3 is 1.71 bits per heavy atom. The fourth-order valence-corrected chi connectivity index (χ4v) is 9.08. The summed E-state index contributed by atoms with van der Waals surface area (Å²) in [5, 5.41) is 28.4. The number of amides is 3. The number of aryl methyl sites for hydroxylation is 1. The fourth-order valence-electron chi connectivity index (χ4n) is 9.08. The summed E-state index contributed by atoms with van der Waals surface area (Å²) in [6.45, 7) is 15.7. The van der Waals surface area contributed by atoms with Crippen LogP contribution in [0.2, 0.25) is 0 Å². The number of nitrogens with two attached hydrogens (primary N) is 1. The summed E-state index contributed by atoms with van der Waals surface area (Å²) in [5.41, 5.74) is 10.5. The lowest BCUT2D eigenvalue weighted by atomic mass is 9.91. The highest BCUT2D eigenvalue weighted by molar-refractivity contribution is 5.91. The van der Waals surface area contributed by atoms with E-state index in [2.05, 4.69) is 55.2 Å². The minimum absolute atomic E-state index is 0.181. The van der Waals surface area contributed by atoms with E-state index in [0.717, 1.165) is 47.2 Å². The van der Waals surface area contributed by atoms with Crippen LogP contribution in [0.3, 0.4) is 0 Å². The van der Waals surface area contributed by atoms with E-state index in [4.69, 9.17) is 34.2 Å². The number of anilines is 2. The highest BCUT2D eigenvalue weighted by Gasteiger charge is 2.38. The Hall–Kier alpha value is -8.15. The van der Waals surface area contributed by atoms with E-state index in [1.165, 1.54) is 0 Å². The highest BCUT2D eigenvalue weighted by Crippen LogP contribution is 2.46. The molecule has 0 saturated carbocycles. The van der Waals surface area contributed by atoms with Crippen molar-refractivity contribution in [3.05, 3.63) is 137 Å². The minimum Gasteiger partial charge on any atom is -0.483 e. The number of para-hydroxylation sites is 3. The van der Waals surface area contributed by atoms with Crippen LogP contribution >= 0.6 is 0 Å². The van der Waals surface area contributed by atoms with Gasteiger partial charge in [-0.15, -0.1) is 15.3 Å². The molecule has 2 unspecified atom stereocenters. The number of fused-ring (bicyclic) bond motifs is 3. The number of allylic oxidation sites excluding steroid dienone is 4. The zero-order valence-corrected chi connectivity index (χ0v) is 43.8. The van der Waals surface area contributed by atoms with E-state index >= 15 is 0 Å². The lowest BCUT2D eigenvalue weighted by molar-refractivity contribution is -0.122. The summed E-state index contributed by atoms with van der Waals surface area (Å²) >= 11 is 0. The molecular formula is C57H67N9O9. The van der Waals surface area contributed by atoms with Crippen molar-refractivity contribution in [3.63, 3.8) is 0 Å². The zero-order chi connectivity index (χ0) is 53.3. The lowest BCUT2D eigenvalue weighted by Crippen LogP contribution is -2.33. The highest BCUT2D eigenvalue weighted by atomic mass is 16.6. The number of benzene rings is 3. The molecule has 18 heteroatoms.